The van der Waals surface area contributed by atoms with Gasteiger partial charge >= 0.3 is 0 Å². The van der Waals surface area contributed by atoms with E-state index in [2.05, 4.69) is 10.3 Å². The van der Waals surface area contributed by atoms with E-state index in [-0.39, 0.29) is 23.6 Å². The summed E-state index contributed by atoms with van der Waals surface area (Å²) >= 11 is 0.724. The van der Waals surface area contributed by atoms with Gasteiger partial charge in [0.1, 0.15) is 11.6 Å². The Bertz CT molecular complexity index is 1290. The van der Waals surface area contributed by atoms with Crippen LogP contribution in [0.15, 0.2) is 53.4 Å². The molecular formula is C23H17F2N3O3S. The average molecular weight is 453 g/mol. The van der Waals surface area contributed by atoms with Crippen LogP contribution >= 0.6 is 11.8 Å². The van der Waals surface area contributed by atoms with Crippen LogP contribution in [0.25, 0.3) is 17.0 Å². The van der Waals surface area contributed by atoms with Gasteiger partial charge in [-0.15, -0.1) is 0 Å². The van der Waals surface area contributed by atoms with Crippen LogP contribution in [0.4, 0.5) is 13.6 Å². The Morgan fingerprint density at radius 2 is 1.94 bits per heavy atom. The topological polar surface area (TPSA) is 79.4 Å². The second-order valence-electron chi connectivity index (χ2n) is 7.07. The van der Waals surface area contributed by atoms with E-state index in [1.807, 2.05) is 0 Å². The maximum absolute atomic E-state index is 13.8. The van der Waals surface area contributed by atoms with Gasteiger partial charge in [-0.2, -0.15) is 0 Å². The molecule has 0 atom stereocenters. The molecule has 1 N–H and O–H groups in total. The summed E-state index contributed by atoms with van der Waals surface area (Å²) in [6, 6.07) is 11.7. The third kappa shape index (κ3) is 4.38. The van der Waals surface area contributed by atoms with Crippen molar-refractivity contribution in [3.63, 3.8) is 0 Å². The molecule has 32 heavy (non-hydrogen) atoms. The number of halogens is 2. The molecule has 0 saturated carbocycles. The first kappa shape index (κ1) is 21.6. The summed E-state index contributed by atoms with van der Waals surface area (Å²) in [5.41, 5.74) is 1.40. The highest BCUT2D eigenvalue weighted by atomic mass is 32.2. The van der Waals surface area contributed by atoms with Gasteiger partial charge in [-0.05, 0) is 49.0 Å². The van der Waals surface area contributed by atoms with Crippen LogP contribution in [0, 0.1) is 18.6 Å². The fourth-order valence-electron chi connectivity index (χ4n) is 3.27. The Balaban J connectivity index is 1.41. The molecule has 1 aromatic heterocycles. The van der Waals surface area contributed by atoms with Gasteiger partial charge in [-0.1, -0.05) is 18.2 Å². The number of hydrogen-bond donors (Lipinski definition) is 1. The number of thioether (sulfide) groups is 1. The molecule has 1 aliphatic heterocycles. The Kier molecular flexibility index (Phi) is 6.00. The fraction of sp³-hybridized carbons (Fsp3) is 0.130. The van der Waals surface area contributed by atoms with Gasteiger partial charge in [0.25, 0.3) is 17.1 Å². The zero-order valence-corrected chi connectivity index (χ0v) is 17.7. The Morgan fingerprint density at radius 1 is 1.16 bits per heavy atom. The van der Waals surface area contributed by atoms with Crippen LogP contribution in [0.1, 0.15) is 21.6 Å². The number of aryl methyl sites for hydroxylation is 1. The van der Waals surface area contributed by atoms with Crippen LogP contribution < -0.4 is 5.32 Å². The van der Waals surface area contributed by atoms with Crippen LogP contribution in [-0.4, -0.2) is 40.0 Å². The van der Waals surface area contributed by atoms with Gasteiger partial charge in [0.05, 0.1) is 21.7 Å². The van der Waals surface area contributed by atoms with Crippen LogP contribution in [0.2, 0.25) is 0 Å². The van der Waals surface area contributed by atoms with Crippen molar-refractivity contribution < 1.29 is 23.2 Å². The number of pyridine rings is 1. The van der Waals surface area contributed by atoms with Gasteiger partial charge < -0.3 is 5.32 Å². The molecule has 0 spiro atoms. The number of imide groups is 1. The highest BCUT2D eigenvalue weighted by Crippen LogP contribution is 2.32. The molecule has 2 heterocycles. The summed E-state index contributed by atoms with van der Waals surface area (Å²) in [6.45, 7) is 1.64. The number of nitrogens with one attached hydrogen (secondary N) is 1. The maximum atomic E-state index is 13.8. The van der Waals surface area contributed by atoms with Crippen molar-refractivity contribution >= 4 is 45.8 Å². The molecule has 1 saturated heterocycles. The molecule has 1 aliphatic rings. The summed E-state index contributed by atoms with van der Waals surface area (Å²) in [7, 11) is 0. The van der Waals surface area contributed by atoms with E-state index in [1.165, 1.54) is 42.5 Å². The third-order valence-corrected chi connectivity index (χ3v) is 5.81. The zero-order valence-electron chi connectivity index (χ0n) is 16.9. The normalized spacial score (nSPS) is 15.1. The monoisotopic (exact) mass is 453 g/mol. The Morgan fingerprint density at radius 3 is 2.72 bits per heavy atom. The van der Waals surface area contributed by atoms with Crippen molar-refractivity contribution in [3.8, 4) is 0 Å². The number of benzene rings is 2. The Labute approximate surface area is 186 Å². The minimum atomic E-state index is -0.539. The molecule has 162 valence electrons. The molecule has 1 fully saturated rings. The standard InChI is InChI=1S/C23H17F2N3O3S/c1-13-17(10-15-6-7-16(24)12-19(15)27-13)21(29)26-8-9-28-22(30)20(32-23(28)31)11-14-4-2-3-5-18(14)25/h2-7,10-12H,8-9H2,1H3,(H,26,29)/b20-11-. The summed E-state index contributed by atoms with van der Waals surface area (Å²) < 4.78 is 27.2. The zero-order chi connectivity index (χ0) is 22.8. The predicted molar refractivity (Wildman–Crippen MR) is 118 cm³/mol. The molecule has 6 nitrogen and oxygen atoms in total. The van der Waals surface area contributed by atoms with E-state index >= 15 is 0 Å². The molecule has 0 bridgehead atoms. The van der Waals surface area contributed by atoms with E-state index in [4.69, 9.17) is 0 Å². The van der Waals surface area contributed by atoms with Gasteiger partial charge in [-0.3, -0.25) is 24.3 Å². The second kappa shape index (κ2) is 8.88. The molecule has 2 aromatic carbocycles. The summed E-state index contributed by atoms with van der Waals surface area (Å²) in [5, 5.41) is 2.80. The van der Waals surface area contributed by atoms with Crippen molar-refractivity contribution in [2.75, 3.05) is 13.1 Å². The van der Waals surface area contributed by atoms with Gasteiger partial charge in [0, 0.05) is 30.1 Å². The van der Waals surface area contributed by atoms with E-state index in [1.54, 1.807) is 19.1 Å². The van der Waals surface area contributed by atoms with Crippen LogP contribution in [0.5, 0.6) is 0 Å². The van der Waals surface area contributed by atoms with Crippen LogP contribution in [0.3, 0.4) is 0 Å². The summed E-state index contributed by atoms with van der Waals surface area (Å²) in [5.74, 6) is -1.87. The highest BCUT2D eigenvalue weighted by Gasteiger charge is 2.34. The molecule has 0 aliphatic carbocycles. The molecule has 3 aromatic rings. The smallest absolute Gasteiger partial charge is 0.293 e. The SMILES string of the molecule is Cc1nc2cc(F)ccc2cc1C(=O)NCCN1C(=O)S/C(=C\c2ccccc2F)C1=O. The van der Waals surface area contributed by atoms with Gasteiger partial charge in [-0.25, -0.2) is 8.78 Å². The van der Waals surface area contributed by atoms with Crippen molar-refractivity contribution in [3.05, 3.63) is 81.9 Å². The number of amides is 3. The number of fused-ring (bicyclic) bond motifs is 1. The van der Waals surface area contributed by atoms with Crippen molar-refractivity contribution in [1.82, 2.24) is 15.2 Å². The largest absolute Gasteiger partial charge is 0.350 e. The van der Waals surface area contributed by atoms with E-state index in [0.717, 1.165) is 16.7 Å². The van der Waals surface area contributed by atoms with Gasteiger partial charge in [0.2, 0.25) is 0 Å². The molecule has 3 amide bonds. The predicted octanol–water partition coefficient (Wildman–Crippen LogP) is 4.29. The van der Waals surface area contributed by atoms with Gasteiger partial charge in [0.15, 0.2) is 0 Å². The number of nitrogens with zero attached hydrogens (tertiary/aromatic N) is 2. The average Bonchev–Trinajstić information content (AvgIpc) is 3.02. The molecule has 4 rings (SSSR count). The molecule has 0 radical (unpaired) electrons. The minimum Gasteiger partial charge on any atom is -0.350 e. The number of carbonyl (C=O) groups is 3. The first-order valence-electron chi connectivity index (χ1n) is 9.68. The second-order valence-corrected chi connectivity index (χ2v) is 8.06. The van der Waals surface area contributed by atoms with Crippen molar-refractivity contribution in [2.24, 2.45) is 0 Å². The summed E-state index contributed by atoms with van der Waals surface area (Å²) in [6.07, 6.45) is 1.34. The first-order valence-corrected chi connectivity index (χ1v) is 10.5. The van der Waals surface area contributed by atoms with Crippen molar-refractivity contribution in [1.29, 1.82) is 0 Å². The third-order valence-electron chi connectivity index (χ3n) is 4.90. The quantitative estimate of drug-likeness (QED) is 0.583. The number of carbonyl (C=O) groups excluding carboxylic acids is 3. The van der Waals surface area contributed by atoms with E-state index in [0.29, 0.717) is 22.2 Å². The van der Waals surface area contributed by atoms with E-state index in [9.17, 15) is 23.2 Å². The fourth-order valence-corrected chi connectivity index (χ4v) is 4.12. The Hall–Kier alpha value is -3.59. The maximum Gasteiger partial charge on any atom is 0.293 e. The highest BCUT2D eigenvalue weighted by molar-refractivity contribution is 8.18. The van der Waals surface area contributed by atoms with Crippen LogP contribution in [-0.2, 0) is 4.79 Å². The molecule has 9 heteroatoms. The number of aromatic nitrogens is 1. The molecular weight excluding hydrogens is 436 g/mol. The lowest BCUT2D eigenvalue weighted by atomic mass is 10.1. The molecule has 0 unspecified atom stereocenters. The first-order chi connectivity index (χ1) is 15.3. The van der Waals surface area contributed by atoms with Crippen molar-refractivity contribution in [2.45, 2.75) is 6.92 Å². The minimum absolute atomic E-state index is 0.0315. The number of hydrogen-bond acceptors (Lipinski definition) is 5. The lowest BCUT2D eigenvalue weighted by Gasteiger charge is -2.14. The lowest BCUT2D eigenvalue weighted by molar-refractivity contribution is -0.122. The lowest BCUT2D eigenvalue weighted by Crippen LogP contribution is -2.37. The van der Waals surface area contributed by atoms with E-state index < -0.39 is 28.7 Å². The number of rotatable bonds is 5. The summed E-state index contributed by atoms with van der Waals surface area (Å²) in [4.78, 5) is 42.7.